The average Bonchev–Trinajstić information content (AvgIpc) is 3.66. The Balaban J connectivity index is 0.00000237. The normalized spacial score (nSPS) is 11.4. The molecule has 4 N–H and O–H groups in total. The molecule has 1 radical (unpaired) electrons. The molecule has 1 aromatic carbocycles. The first-order chi connectivity index (χ1) is 18.4. The van der Waals surface area contributed by atoms with Gasteiger partial charge < -0.3 is 39.0 Å². The van der Waals surface area contributed by atoms with Crippen molar-refractivity contribution in [3.05, 3.63) is 79.6 Å². The van der Waals surface area contributed by atoms with E-state index in [9.17, 15) is 9.59 Å². The molecule has 1 atom stereocenters. The number of nitrogens with zero attached hydrogens (tertiary/aromatic N) is 4. The number of benzene rings is 1. The molecule has 0 aliphatic heterocycles. The monoisotopic (exact) mass is 585 g/mol. The molecule has 0 aliphatic carbocycles. The third-order valence-electron chi connectivity index (χ3n) is 5.52. The fourth-order valence-electron chi connectivity index (χ4n) is 3.22. The van der Waals surface area contributed by atoms with Crippen LogP contribution in [0.25, 0.3) is 17.0 Å². The molecule has 12 heteroatoms. The number of aromatic nitrogens is 3. The first-order valence-electron chi connectivity index (χ1n) is 12.2. The molecule has 0 bridgehead atoms. The molecule has 40 heavy (non-hydrogen) atoms. The van der Waals surface area contributed by atoms with Gasteiger partial charge in [-0.2, -0.15) is 6.20 Å². The molecule has 11 nitrogen and oxygen atoms in total. The van der Waals surface area contributed by atoms with Crippen LogP contribution < -0.4 is 26.5 Å². The zero-order valence-corrected chi connectivity index (χ0v) is 25.2. The largest absolute Gasteiger partial charge is 2.00 e. The minimum Gasteiger partial charge on any atom is -0.581 e. The molecule has 2 aromatic heterocycles. The van der Waals surface area contributed by atoms with E-state index in [1.807, 2.05) is 57.2 Å². The summed E-state index contributed by atoms with van der Waals surface area (Å²) in [4.78, 5) is 38.8. The molecule has 213 valence electrons. The standard InChI is InChI=1S/C25H31N7O2.C2H5NO.CH3.V/c1-5-17(3)24(30-23(33)15-27-25(34)20-11-13-32(16-20)26-4)29-21(6-2)18-8-7-9-19(14-18)22-10-12-28-31-22;1-3-2-4;;/h6-14,16-17,26H,5,15H2,1-4H3,(H3,27,28,29,30,31,33,34);2H,1H3,(H,3,4);1H3;/q;;-1;+2/p-1/b21-6-;;;. The second-order valence-corrected chi connectivity index (χ2v) is 8.15. The predicted molar refractivity (Wildman–Crippen MR) is 155 cm³/mol. The van der Waals surface area contributed by atoms with E-state index in [2.05, 4.69) is 31.6 Å². The van der Waals surface area contributed by atoms with E-state index in [0.29, 0.717) is 17.8 Å². The Morgan fingerprint density at radius 3 is 2.45 bits per heavy atom. The van der Waals surface area contributed by atoms with E-state index in [1.54, 1.807) is 43.4 Å². The van der Waals surface area contributed by atoms with Gasteiger partial charge in [-0.15, -0.1) is 0 Å². The number of carbonyl (C=O) groups is 3. The van der Waals surface area contributed by atoms with Gasteiger partial charge in [0, 0.05) is 43.7 Å². The number of nitrogens with one attached hydrogen (secondary N) is 4. The summed E-state index contributed by atoms with van der Waals surface area (Å²) < 4.78 is 1.65. The van der Waals surface area contributed by atoms with Gasteiger partial charge in [-0.05, 0) is 31.0 Å². The maximum Gasteiger partial charge on any atom is 2.00 e. The van der Waals surface area contributed by atoms with E-state index in [4.69, 9.17) is 9.79 Å². The van der Waals surface area contributed by atoms with E-state index in [-0.39, 0.29) is 50.3 Å². The predicted octanol–water partition coefficient (Wildman–Crippen LogP) is 2.84. The Morgan fingerprint density at radius 1 is 1.18 bits per heavy atom. The number of rotatable bonds is 10. The van der Waals surface area contributed by atoms with Crippen LogP contribution in [0.2, 0.25) is 0 Å². The van der Waals surface area contributed by atoms with Crippen LogP contribution in [-0.2, 0) is 28.1 Å². The molecule has 0 saturated carbocycles. The number of hydrogen-bond donors (Lipinski definition) is 4. The number of allylic oxidation sites excluding steroid dienone is 1. The maximum atomic E-state index is 12.6. The van der Waals surface area contributed by atoms with Crippen molar-refractivity contribution in [2.45, 2.75) is 27.2 Å². The quantitative estimate of drug-likeness (QED) is 0.125. The third kappa shape index (κ3) is 11.0. The fourth-order valence-corrected chi connectivity index (χ4v) is 3.22. The molecule has 3 aromatic rings. The number of amidine groups is 1. The summed E-state index contributed by atoms with van der Waals surface area (Å²) in [6.45, 7) is 5.78. The van der Waals surface area contributed by atoms with E-state index in [0.717, 1.165) is 28.9 Å². The smallest absolute Gasteiger partial charge is 0.581 e. The third-order valence-corrected chi connectivity index (χ3v) is 5.52. The maximum absolute atomic E-state index is 12.6. The SMILES string of the molecule is C/C=C(\N=C(NC(=O)CNC(=O)c1ccn(NC)c1)C(C)CC)c1cccc(-c2cc[n-]n2)c1.CNC=O.[CH3-].[V+2]. The Kier molecular flexibility index (Phi) is 17.1. The van der Waals surface area contributed by atoms with Crippen molar-refractivity contribution in [3.8, 4) is 11.3 Å². The number of carbonyl (C=O) groups excluding carboxylic acids is 3. The molecule has 2 heterocycles. The van der Waals surface area contributed by atoms with Crippen molar-refractivity contribution in [2.24, 2.45) is 10.9 Å². The van der Waals surface area contributed by atoms with Crippen LogP contribution in [0, 0.1) is 13.3 Å². The average molecular weight is 586 g/mol. The molecule has 3 rings (SSSR count). The van der Waals surface area contributed by atoms with E-state index < -0.39 is 0 Å². The van der Waals surface area contributed by atoms with Crippen LogP contribution in [-0.4, -0.2) is 54.5 Å². The van der Waals surface area contributed by atoms with Gasteiger partial charge >= 0.3 is 18.6 Å². The number of amides is 3. The molecule has 1 unspecified atom stereocenters. The van der Waals surface area contributed by atoms with Crippen LogP contribution in [0.3, 0.4) is 0 Å². The van der Waals surface area contributed by atoms with Gasteiger partial charge in [-0.3, -0.25) is 19.1 Å². The van der Waals surface area contributed by atoms with Gasteiger partial charge in [0.1, 0.15) is 5.84 Å². The summed E-state index contributed by atoms with van der Waals surface area (Å²) in [6.07, 6.45) is 8.34. The molecular formula is C28H38N8O3V. The van der Waals surface area contributed by atoms with E-state index >= 15 is 0 Å². The molecule has 3 amide bonds. The number of aliphatic imine (C=N–C) groups is 1. The minimum atomic E-state index is -0.336. The molecular weight excluding hydrogens is 547 g/mol. The molecule has 0 aliphatic rings. The van der Waals surface area contributed by atoms with Crippen molar-refractivity contribution >= 4 is 29.8 Å². The molecule has 0 spiro atoms. The topological polar surface area (TPSA) is 144 Å². The van der Waals surface area contributed by atoms with Gasteiger partial charge in [0.15, 0.2) is 0 Å². The summed E-state index contributed by atoms with van der Waals surface area (Å²) in [5.41, 5.74) is 6.71. The Bertz CT molecular complexity index is 1250. The van der Waals surface area contributed by atoms with Gasteiger partial charge in [-0.25, -0.2) is 4.99 Å². The Labute approximate surface area is 248 Å². The van der Waals surface area contributed by atoms with Crippen LogP contribution in [0.1, 0.15) is 43.1 Å². The second-order valence-electron chi connectivity index (χ2n) is 8.15. The van der Waals surface area contributed by atoms with Crippen molar-refractivity contribution < 1.29 is 32.9 Å². The zero-order valence-electron chi connectivity index (χ0n) is 23.8. The summed E-state index contributed by atoms with van der Waals surface area (Å²) in [6, 6.07) is 11.4. The Hall–Kier alpha value is -4.09. The van der Waals surface area contributed by atoms with Gasteiger partial charge in [0.25, 0.3) is 5.91 Å². The minimum absolute atomic E-state index is 0. The number of hydrogen-bond acceptors (Lipinski definition) is 6. The van der Waals surface area contributed by atoms with Crippen molar-refractivity contribution in [1.82, 2.24) is 30.8 Å². The van der Waals surface area contributed by atoms with Gasteiger partial charge in [0.2, 0.25) is 12.3 Å². The molecule has 0 fully saturated rings. The summed E-state index contributed by atoms with van der Waals surface area (Å²) >= 11 is 0. The second kappa shape index (κ2) is 19.0. The molecule has 0 saturated heterocycles. The van der Waals surface area contributed by atoms with Crippen LogP contribution >= 0.6 is 0 Å². The van der Waals surface area contributed by atoms with Crippen molar-refractivity contribution in [2.75, 3.05) is 26.1 Å². The van der Waals surface area contributed by atoms with Gasteiger partial charge in [-0.1, -0.05) is 44.2 Å². The first-order valence-corrected chi connectivity index (χ1v) is 12.2. The summed E-state index contributed by atoms with van der Waals surface area (Å²) in [7, 11) is 3.31. The van der Waals surface area contributed by atoms with E-state index in [1.165, 1.54) is 0 Å². The van der Waals surface area contributed by atoms with Crippen molar-refractivity contribution in [1.29, 1.82) is 0 Å². The zero-order chi connectivity index (χ0) is 27.9. The summed E-state index contributed by atoms with van der Waals surface area (Å²) in [5.74, 6) is -0.0949. The first kappa shape index (κ1) is 35.9. The van der Waals surface area contributed by atoms with Gasteiger partial charge in [0.05, 0.1) is 17.8 Å². The van der Waals surface area contributed by atoms with Crippen LogP contribution in [0.4, 0.5) is 0 Å². The fraction of sp³-hybridized carbons (Fsp3) is 0.286. The van der Waals surface area contributed by atoms with Crippen LogP contribution in [0.15, 0.2) is 66.1 Å². The Morgan fingerprint density at radius 2 is 1.90 bits per heavy atom. The summed E-state index contributed by atoms with van der Waals surface area (Å²) in [5, 5.41) is 15.8. The van der Waals surface area contributed by atoms with Crippen LogP contribution in [0.5, 0.6) is 0 Å². The van der Waals surface area contributed by atoms with Crippen molar-refractivity contribution in [3.63, 3.8) is 0 Å².